The predicted octanol–water partition coefficient (Wildman–Crippen LogP) is 8.32. The van der Waals surface area contributed by atoms with Crippen LogP contribution in [-0.2, 0) is 39.9 Å². The molecular formula is C41H53ClO6. The maximum absolute atomic E-state index is 8.44. The zero-order valence-electron chi connectivity index (χ0n) is 27.0. The lowest BCUT2D eigenvalue weighted by Crippen LogP contribution is -1.94. The molecule has 0 saturated carbocycles. The quantitative estimate of drug-likeness (QED) is 0.0629. The number of aliphatic hydroxyl groups excluding tert-OH is 3. The van der Waals surface area contributed by atoms with Crippen molar-refractivity contribution in [3.63, 3.8) is 0 Å². The van der Waals surface area contributed by atoms with Crippen LogP contribution in [0.3, 0.4) is 0 Å². The smallest absolute Gasteiger partial charge is 0.0721 e. The average Bonchev–Trinajstić information content (AvgIpc) is 3.14. The Morgan fingerprint density at radius 2 is 0.646 bits per heavy atom. The third-order valence-corrected chi connectivity index (χ3v) is 6.10. The Labute approximate surface area is 293 Å². The molecular weight excluding hydrogens is 624 g/mol. The van der Waals surface area contributed by atoms with E-state index in [-0.39, 0.29) is 27.2 Å². The van der Waals surface area contributed by atoms with Crippen molar-refractivity contribution in [2.24, 2.45) is 0 Å². The normalized spacial score (nSPS) is 10.3. The Hall–Kier alpha value is -3.85. The molecule has 4 aromatic rings. The number of aliphatic hydroxyl groups is 3. The summed E-state index contributed by atoms with van der Waals surface area (Å²) in [5.41, 5.74) is 4.73. The van der Waals surface area contributed by atoms with Gasteiger partial charge in [-0.3, -0.25) is 0 Å². The minimum Gasteiger partial charge on any atom is -0.392 e. The standard InChI is InChI=1S/C18H20O2.C11H14O2.C7H7Cl.C4H8O2.CH4/c1-3-9-17(10-4-1)15-19-13-7-8-14-20-16-18-11-5-2-6-12-18;12-8-4-5-9-13-10-11-6-2-1-3-7-11;8-6-7-4-2-1-3-5-7;5-3-1-2-4-6;/h1-12H,13-16H2;1-7,12H,8-10H2;1-5H,6H2;1-2,5-6H,3-4H2;1H4/b8-7-;5-4-;;2-1-;. The van der Waals surface area contributed by atoms with Crippen LogP contribution < -0.4 is 0 Å². The SMILES string of the molecule is C.C(=C/COCc1ccccc1)/COCc1ccccc1.ClCc1ccccc1.OC/C=C\CO.OC/C=C\COCc1ccccc1. The molecule has 0 atom stereocenters. The molecule has 7 heteroatoms. The summed E-state index contributed by atoms with van der Waals surface area (Å²) in [6.45, 7) is 3.81. The molecule has 0 saturated heterocycles. The Morgan fingerprint density at radius 3 is 0.896 bits per heavy atom. The van der Waals surface area contributed by atoms with E-state index in [0.29, 0.717) is 45.5 Å². The summed E-state index contributed by atoms with van der Waals surface area (Å²) in [4.78, 5) is 0. The first-order chi connectivity index (χ1) is 23.2. The van der Waals surface area contributed by atoms with Gasteiger partial charge in [-0.05, 0) is 22.3 Å². The van der Waals surface area contributed by atoms with Crippen LogP contribution in [0.15, 0.2) is 158 Å². The first-order valence-electron chi connectivity index (χ1n) is 15.5. The molecule has 0 aromatic heterocycles. The topological polar surface area (TPSA) is 88.4 Å². The molecule has 0 amide bonds. The minimum atomic E-state index is 0. The largest absolute Gasteiger partial charge is 0.392 e. The van der Waals surface area contributed by atoms with E-state index in [1.54, 1.807) is 6.08 Å². The van der Waals surface area contributed by atoms with Gasteiger partial charge in [-0.25, -0.2) is 0 Å². The van der Waals surface area contributed by atoms with Crippen molar-refractivity contribution in [2.45, 2.75) is 33.1 Å². The van der Waals surface area contributed by atoms with Gasteiger partial charge in [0.05, 0.1) is 59.5 Å². The van der Waals surface area contributed by atoms with Crippen LogP contribution in [0.1, 0.15) is 29.7 Å². The maximum Gasteiger partial charge on any atom is 0.0721 e. The number of rotatable bonds is 16. The summed E-state index contributed by atoms with van der Waals surface area (Å²) < 4.78 is 16.4. The van der Waals surface area contributed by atoms with Gasteiger partial charge in [0.25, 0.3) is 0 Å². The van der Waals surface area contributed by atoms with Crippen LogP contribution >= 0.6 is 11.6 Å². The molecule has 4 aromatic carbocycles. The first-order valence-corrected chi connectivity index (χ1v) is 16.0. The molecule has 0 heterocycles. The van der Waals surface area contributed by atoms with E-state index in [2.05, 4.69) is 24.3 Å². The van der Waals surface area contributed by atoms with Gasteiger partial charge in [-0.1, -0.05) is 165 Å². The lowest BCUT2D eigenvalue weighted by atomic mass is 10.2. The van der Waals surface area contributed by atoms with Gasteiger partial charge in [0.1, 0.15) is 0 Å². The van der Waals surface area contributed by atoms with E-state index in [0.717, 1.165) is 0 Å². The monoisotopic (exact) mass is 676 g/mol. The van der Waals surface area contributed by atoms with Crippen LogP contribution in [0.25, 0.3) is 0 Å². The second kappa shape index (κ2) is 34.5. The molecule has 260 valence electrons. The van der Waals surface area contributed by atoms with Crippen molar-refractivity contribution in [2.75, 3.05) is 39.6 Å². The van der Waals surface area contributed by atoms with Crippen LogP contribution in [0.4, 0.5) is 0 Å². The highest BCUT2D eigenvalue weighted by Gasteiger charge is 1.91. The summed E-state index contributed by atoms with van der Waals surface area (Å²) in [6, 6.07) is 40.3. The third kappa shape index (κ3) is 27.3. The number of benzene rings is 4. The fraction of sp³-hybridized carbons (Fsp3) is 0.268. The van der Waals surface area contributed by atoms with Crippen molar-refractivity contribution >= 4 is 11.6 Å². The highest BCUT2D eigenvalue weighted by molar-refractivity contribution is 6.17. The summed E-state index contributed by atoms with van der Waals surface area (Å²) in [7, 11) is 0. The second-order valence-corrected chi connectivity index (χ2v) is 9.85. The number of hydrogen-bond donors (Lipinski definition) is 3. The Balaban J connectivity index is 0.000000677. The predicted molar refractivity (Wildman–Crippen MR) is 200 cm³/mol. The molecule has 0 unspecified atom stereocenters. The molecule has 0 aliphatic carbocycles. The summed E-state index contributed by atoms with van der Waals surface area (Å²) in [5.74, 6) is 0.612. The zero-order valence-corrected chi connectivity index (χ0v) is 27.8. The summed E-state index contributed by atoms with van der Waals surface area (Å²) in [6.07, 6.45) is 10.4. The molecule has 3 N–H and O–H groups in total. The zero-order chi connectivity index (χ0) is 33.9. The van der Waals surface area contributed by atoms with E-state index in [1.165, 1.54) is 34.4 Å². The van der Waals surface area contributed by atoms with Crippen LogP contribution in [-0.4, -0.2) is 55.0 Å². The number of ether oxygens (including phenoxy) is 3. The Kier molecular flexibility index (Phi) is 31.7. The number of halogens is 1. The number of hydrogen-bond acceptors (Lipinski definition) is 6. The van der Waals surface area contributed by atoms with Crippen LogP contribution in [0.5, 0.6) is 0 Å². The van der Waals surface area contributed by atoms with Gasteiger partial charge in [-0.15, -0.1) is 11.6 Å². The second-order valence-electron chi connectivity index (χ2n) is 9.58. The average molecular weight is 677 g/mol. The summed E-state index contributed by atoms with van der Waals surface area (Å²) >= 11 is 5.53. The van der Waals surface area contributed by atoms with Crippen molar-refractivity contribution in [3.05, 3.63) is 180 Å². The van der Waals surface area contributed by atoms with Gasteiger partial charge < -0.3 is 29.5 Å². The lowest BCUT2D eigenvalue weighted by molar-refractivity contribution is 0.140. The Bertz CT molecular complexity index is 1230. The van der Waals surface area contributed by atoms with Crippen molar-refractivity contribution in [1.29, 1.82) is 0 Å². The summed E-state index contributed by atoms with van der Waals surface area (Å²) in [5, 5.41) is 24.4. The van der Waals surface area contributed by atoms with Gasteiger partial charge in [0, 0.05) is 5.88 Å². The molecule has 48 heavy (non-hydrogen) atoms. The van der Waals surface area contributed by atoms with Gasteiger partial charge >= 0.3 is 0 Å². The van der Waals surface area contributed by atoms with Crippen molar-refractivity contribution in [3.8, 4) is 0 Å². The molecule has 0 radical (unpaired) electrons. The molecule has 0 bridgehead atoms. The van der Waals surface area contributed by atoms with E-state index < -0.39 is 0 Å². The van der Waals surface area contributed by atoms with E-state index in [1.807, 2.05) is 115 Å². The van der Waals surface area contributed by atoms with Gasteiger partial charge in [0.15, 0.2) is 0 Å². The fourth-order valence-corrected chi connectivity index (χ4v) is 3.63. The lowest BCUT2D eigenvalue weighted by Gasteiger charge is -2.02. The molecule has 4 rings (SSSR count). The first kappa shape index (κ1) is 44.1. The van der Waals surface area contributed by atoms with Crippen molar-refractivity contribution < 1.29 is 29.5 Å². The molecule has 0 fully saturated rings. The molecule has 0 spiro atoms. The fourth-order valence-electron chi connectivity index (χ4n) is 3.45. The molecule has 6 nitrogen and oxygen atoms in total. The van der Waals surface area contributed by atoms with E-state index >= 15 is 0 Å². The van der Waals surface area contributed by atoms with Gasteiger partial charge in [-0.2, -0.15) is 0 Å². The molecule has 0 aliphatic heterocycles. The van der Waals surface area contributed by atoms with Crippen molar-refractivity contribution in [1.82, 2.24) is 0 Å². The highest BCUT2D eigenvalue weighted by Crippen LogP contribution is 2.03. The van der Waals surface area contributed by atoms with Crippen LogP contribution in [0, 0.1) is 0 Å². The number of alkyl halides is 1. The van der Waals surface area contributed by atoms with E-state index in [4.69, 9.17) is 41.1 Å². The molecule has 0 aliphatic rings. The third-order valence-electron chi connectivity index (χ3n) is 5.79. The maximum atomic E-state index is 8.44. The van der Waals surface area contributed by atoms with Gasteiger partial charge in [0.2, 0.25) is 0 Å². The van der Waals surface area contributed by atoms with E-state index in [9.17, 15) is 0 Å². The van der Waals surface area contributed by atoms with Crippen LogP contribution in [0.2, 0.25) is 0 Å². The minimum absolute atomic E-state index is 0. The Morgan fingerprint density at radius 1 is 0.396 bits per heavy atom. The highest BCUT2D eigenvalue weighted by atomic mass is 35.5.